The van der Waals surface area contributed by atoms with E-state index in [-0.39, 0.29) is 0 Å². The van der Waals surface area contributed by atoms with Gasteiger partial charge in [0, 0.05) is 6.42 Å². The molecule has 0 saturated heterocycles. The Hall–Kier alpha value is -0.530. The predicted molar refractivity (Wildman–Crippen MR) is 115 cm³/mol. The Morgan fingerprint density at radius 2 is 1.00 bits per heavy atom. The van der Waals surface area contributed by atoms with Crippen LogP contribution in [0.25, 0.3) is 0 Å². The second-order valence-corrected chi connectivity index (χ2v) is 8.30. The second kappa shape index (κ2) is 20.8. The molecule has 156 valence electrons. The van der Waals surface area contributed by atoms with Gasteiger partial charge in [0.2, 0.25) is 0 Å². The zero-order valence-electron chi connectivity index (χ0n) is 18.1. The summed E-state index contributed by atoms with van der Waals surface area (Å²) in [4.78, 5) is 10.4. The van der Waals surface area contributed by atoms with Crippen molar-refractivity contribution < 1.29 is 9.90 Å². The summed E-state index contributed by atoms with van der Waals surface area (Å²) in [6.45, 7) is 4.66. The first-order valence-electron chi connectivity index (χ1n) is 11.9. The number of carboxylic acids is 1. The molecule has 1 atom stereocenters. The SMILES string of the molecule is CCCCC(CC)CCCCCCCCCCCCCCCCC(=O)O. The highest BCUT2D eigenvalue weighted by Crippen LogP contribution is 2.20. The molecule has 0 aliphatic heterocycles. The Morgan fingerprint density at radius 1 is 0.615 bits per heavy atom. The lowest BCUT2D eigenvalue weighted by atomic mass is 9.93. The summed E-state index contributed by atoms with van der Waals surface area (Å²) in [5.74, 6) is 0.342. The molecule has 0 bridgehead atoms. The van der Waals surface area contributed by atoms with Gasteiger partial charge in [-0.05, 0) is 12.3 Å². The van der Waals surface area contributed by atoms with E-state index in [0.29, 0.717) is 6.42 Å². The van der Waals surface area contributed by atoms with Gasteiger partial charge in [-0.1, -0.05) is 129 Å². The van der Waals surface area contributed by atoms with Gasteiger partial charge in [0.15, 0.2) is 0 Å². The summed E-state index contributed by atoms with van der Waals surface area (Å²) in [6.07, 6.45) is 26.0. The van der Waals surface area contributed by atoms with Crippen molar-refractivity contribution in [2.24, 2.45) is 5.92 Å². The minimum Gasteiger partial charge on any atom is -0.481 e. The van der Waals surface area contributed by atoms with E-state index in [1.165, 1.54) is 109 Å². The lowest BCUT2D eigenvalue weighted by molar-refractivity contribution is -0.137. The summed E-state index contributed by atoms with van der Waals surface area (Å²) >= 11 is 0. The largest absolute Gasteiger partial charge is 0.481 e. The smallest absolute Gasteiger partial charge is 0.303 e. The van der Waals surface area contributed by atoms with Crippen molar-refractivity contribution >= 4 is 5.97 Å². The van der Waals surface area contributed by atoms with Crippen LogP contribution in [0.4, 0.5) is 0 Å². The number of rotatable bonds is 21. The highest BCUT2D eigenvalue weighted by atomic mass is 16.4. The average Bonchev–Trinajstić information content (AvgIpc) is 2.63. The Labute approximate surface area is 164 Å². The van der Waals surface area contributed by atoms with Crippen LogP contribution in [0.2, 0.25) is 0 Å². The van der Waals surface area contributed by atoms with E-state index >= 15 is 0 Å². The topological polar surface area (TPSA) is 37.3 Å². The molecule has 0 heterocycles. The Kier molecular flexibility index (Phi) is 20.4. The lowest BCUT2D eigenvalue weighted by Crippen LogP contribution is -1.98. The van der Waals surface area contributed by atoms with Gasteiger partial charge in [0.1, 0.15) is 0 Å². The summed E-state index contributed by atoms with van der Waals surface area (Å²) < 4.78 is 0. The van der Waals surface area contributed by atoms with Gasteiger partial charge in [0.25, 0.3) is 0 Å². The van der Waals surface area contributed by atoms with Crippen LogP contribution in [-0.2, 0) is 4.79 Å². The van der Waals surface area contributed by atoms with Crippen molar-refractivity contribution in [3.8, 4) is 0 Å². The minimum absolute atomic E-state index is 0.345. The molecule has 0 aromatic rings. The number of unbranched alkanes of at least 4 members (excludes halogenated alkanes) is 14. The highest BCUT2D eigenvalue weighted by Gasteiger charge is 2.05. The first-order chi connectivity index (χ1) is 12.7. The third-order valence-electron chi connectivity index (χ3n) is 5.80. The maximum Gasteiger partial charge on any atom is 0.303 e. The molecule has 0 amide bonds. The highest BCUT2D eigenvalue weighted by molar-refractivity contribution is 5.66. The van der Waals surface area contributed by atoms with Crippen molar-refractivity contribution in [2.45, 2.75) is 142 Å². The molecular weight excluding hydrogens is 320 g/mol. The van der Waals surface area contributed by atoms with Crippen LogP contribution < -0.4 is 0 Å². The number of hydrogen-bond acceptors (Lipinski definition) is 1. The Bertz CT molecular complexity index is 288. The van der Waals surface area contributed by atoms with Gasteiger partial charge < -0.3 is 5.11 Å². The minimum atomic E-state index is -0.651. The summed E-state index contributed by atoms with van der Waals surface area (Å²) in [5.41, 5.74) is 0. The van der Waals surface area contributed by atoms with Crippen LogP contribution in [0.3, 0.4) is 0 Å². The molecule has 2 heteroatoms. The number of carboxylic acid groups (broad SMARTS) is 1. The first-order valence-corrected chi connectivity index (χ1v) is 11.9. The molecule has 2 nitrogen and oxygen atoms in total. The van der Waals surface area contributed by atoms with Gasteiger partial charge in [-0.2, -0.15) is 0 Å². The molecule has 1 unspecified atom stereocenters. The van der Waals surface area contributed by atoms with Crippen molar-refractivity contribution in [2.75, 3.05) is 0 Å². The van der Waals surface area contributed by atoms with Crippen molar-refractivity contribution in [3.05, 3.63) is 0 Å². The van der Waals surface area contributed by atoms with Gasteiger partial charge >= 0.3 is 5.97 Å². The van der Waals surface area contributed by atoms with Gasteiger partial charge in [-0.15, -0.1) is 0 Å². The zero-order chi connectivity index (χ0) is 19.3. The normalized spacial score (nSPS) is 12.4. The summed E-state index contributed by atoms with van der Waals surface area (Å²) in [7, 11) is 0. The van der Waals surface area contributed by atoms with E-state index < -0.39 is 5.97 Å². The molecule has 0 saturated carbocycles. The molecule has 0 aliphatic rings. The molecule has 0 aromatic carbocycles. The third-order valence-corrected chi connectivity index (χ3v) is 5.80. The molecule has 0 spiro atoms. The van der Waals surface area contributed by atoms with Crippen LogP contribution in [-0.4, -0.2) is 11.1 Å². The van der Waals surface area contributed by atoms with Crippen molar-refractivity contribution in [1.29, 1.82) is 0 Å². The third kappa shape index (κ3) is 19.8. The molecule has 0 radical (unpaired) electrons. The molecule has 0 aromatic heterocycles. The lowest BCUT2D eigenvalue weighted by Gasteiger charge is -2.13. The summed E-state index contributed by atoms with van der Waals surface area (Å²) in [5, 5.41) is 8.58. The van der Waals surface area contributed by atoms with Gasteiger partial charge in [-0.25, -0.2) is 0 Å². The standard InChI is InChI=1S/C24H48O2/c1-3-5-20-23(4-2)21-18-16-14-12-10-8-6-7-9-11-13-15-17-19-22-24(25)26/h23H,3-22H2,1-2H3,(H,25,26). The van der Waals surface area contributed by atoms with E-state index in [1.807, 2.05) is 0 Å². The number of carbonyl (C=O) groups is 1. The van der Waals surface area contributed by atoms with Crippen LogP contribution >= 0.6 is 0 Å². The van der Waals surface area contributed by atoms with Crippen LogP contribution in [0.5, 0.6) is 0 Å². The Morgan fingerprint density at radius 3 is 1.38 bits per heavy atom. The van der Waals surface area contributed by atoms with Crippen LogP contribution in [0.1, 0.15) is 142 Å². The average molecular weight is 369 g/mol. The van der Waals surface area contributed by atoms with Gasteiger partial charge in [0.05, 0.1) is 0 Å². The first kappa shape index (κ1) is 25.5. The molecule has 1 N–H and O–H groups in total. The number of aliphatic carboxylic acids is 1. The van der Waals surface area contributed by atoms with Crippen LogP contribution in [0, 0.1) is 5.92 Å². The van der Waals surface area contributed by atoms with Crippen molar-refractivity contribution in [1.82, 2.24) is 0 Å². The fraction of sp³-hybridized carbons (Fsp3) is 0.958. The Balaban J connectivity index is 3.14. The maximum atomic E-state index is 10.4. The molecule has 0 aliphatic carbocycles. The predicted octanol–water partition coefficient (Wildman–Crippen LogP) is 8.53. The molecule has 0 fully saturated rings. The fourth-order valence-electron chi connectivity index (χ4n) is 3.88. The molecule has 0 rings (SSSR count). The molecule has 26 heavy (non-hydrogen) atoms. The van der Waals surface area contributed by atoms with E-state index in [1.54, 1.807) is 0 Å². The summed E-state index contributed by atoms with van der Waals surface area (Å²) in [6, 6.07) is 0. The molecular formula is C24H48O2. The quantitative estimate of drug-likeness (QED) is 0.206. The zero-order valence-corrected chi connectivity index (χ0v) is 18.1. The van der Waals surface area contributed by atoms with Gasteiger partial charge in [-0.3, -0.25) is 4.79 Å². The number of hydrogen-bond donors (Lipinski definition) is 1. The van der Waals surface area contributed by atoms with E-state index in [4.69, 9.17) is 5.11 Å². The second-order valence-electron chi connectivity index (χ2n) is 8.30. The maximum absolute atomic E-state index is 10.4. The fourth-order valence-corrected chi connectivity index (χ4v) is 3.88. The monoisotopic (exact) mass is 368 g/mol. The van der Waals surface area contributed by atoms with E-state index in [2.05, 4.69) is 13.8 Å². The van der Waals surface area contributed by atoms with E-state index in [9.17, 15) is 4.79 Å². The van der Waals surface area contributed by atoms with Crippen LogP contribution in [0.15, 0.2) is 0 Å². The van der Waals surface area contributed by atoms with Crippen molar-refractivity contribution in [3.63, 3.8) is 0 Å². The van der Waals surface area contributed by atoms with E-state index in [0.717, 1.165) is 18.8 Å².